The van der Waals surface area contributed by atoms with Crippen molar-refractivity contribution in [1.82, 2.24) is 0 Å². The Balaban J connectivity index is 1.98. The zero-order valence-electron chi connectivity index (χ0n) is 8.74. The Morgan fingerprint density at radius 1 is 1.24 bits per heavy atom. The highest BCUT2D eigenvalue weighted by Crippen LogP contribution is 2.22. The lowest BCUT2D eigenvalue weighted by molar-refractivity contribution is -0.380. The molecule has 0 radical (unpaired) electrons. The van der Waals surface area contributed by atoms with E-state index in [2.05, 4.69) is 10.5 Å². The van der Waals surface area contributed by atoms with E-state index in [1.807, 2.05) is 30.3 Å². The summed E-state index contributed by atoms with van der Waals surface area (Å²) in [6.07, 6.45) is 1.56. The first-order valence-corrected chi connectivity index (χ1v) is 5.66. The summed E-state index contributed by atoms with van der Waals surface area (Å²) in [5.41, 5.74) is 3.71. The summed E-state index contributed by atoms with van der Waals surface area (Å²) in [6, 6.07) is 12.6. The predicted octanol–water partition coefficient (Wildman–Crippen LogP) is 3.10. The Kier molecular flexibility index (Phi) is 3.46. The molecule has 1 aromatic carbocycles. The van der Waals surface area contributed by atoms with Crippen LogP contribution in [0.25, 0.3) is 0 Å². The summed E-state index contributed by atoms with van der Waals surface area (Å²) >= 11 is 1.09. The Morgan fingerprint density at radius 2 is 2.00 bits per heavy atom. The molecule has 2 rings (SSSR count). The van der Waals surface area contributed by atoms with Gasteiger partial charge < -0.3 is 0 Å². The SMILES string of the molecule is O=[N+]([O-])c1ccc(/C=N\Nc2ccccc2)s1. The smallest absolute Gasteiger partial charge is 0.278 e. The summed E-state index contributed by atoms with van der Waals surface area (Å²) in [6.45, 7) is 0. The summed E-state index contributed by atoms with van der Waals surface area (Å²) in [4.78, 5) is 10.8. The van der Waals surface area contributed by atoms with Crippen LogP contribution < -0.4 is 5.43 Å². The van der Waals surface area contributed by atoms with Crippen molar-refractivity contribution >= 4 is 28.2 Å². The van der Waals surface area contributed by atoms with E-state index < -0.39 is 4.92 Å². The monoisotopic (exact) mass is 247 g/mol. The molecule has 0 aliphatic rings. The highest BCUT2D eigenvalue weighted by Gasteiger charge is 2.07. The third-order valence-electron chi connectivity index (χ3n) is 1.95. The van der Waals surface area contributed by atoms with Gasteiger partial charge in [-0.25, -0.2) is 0 Å². The van der Waals surface area contributed by atoms with Crippen molar-refractivity contribution in [2.75, 3.05) is 5.43 Å². The van der Waals surface area contributed by atoms with E-state index in [-0.39, 0.29) is 5.00 Å². The summed E-state index contributed by atoms with van der Waals surface area (Å²) < 4.78 is 0. The number of rotatable bonds is 4. The summed E-state index contributed by atoms with van der Waals surface area (Å²) in [7, 11) is 0. The molecule has 1 N–H and O–H groups in total. The number of hydrazone groups is 1. The van der Waals surface area contributed by atoms with E-state index in [0.29, 0.717) is 0 Å². The standard InChI is InChI=1S/C11H9N3O2S/c15-14(16)11-7-6-10(17-11)8-12-13-9-4-2-1-3-5-9/h1-8,13H/b12-8-. The average Bonchev–Trinajstić information content (AvgIpc) is 2.79. The molecule has 0 unspecified atom stereocenters. The molecule has 0 fully saturated rings. The molecule has 0 saturated heterocycles. The van der Waals surface area contributed by atoms with Gasteiger partial charge in [-0.3, -0.25) is 15.5 Å². The van der Waals surface area contributed by atoms with Gasteiger partial charge in [0.1, 0.15) is 0 Å². The molecule has 0 atom stereocenters. The van der Waals surface area contributed by atoms with Gasteiger partial charge in [-0.1, -0.05) is 29.5 Å². The molecule has 86 valence electrons. The Labute approximate surface area is 102 Å². The fourth-order valence-electron chi connectivity index (χ4n) is 1.19. The molecule has 6 heteroatoms. The fourth-order valence-corrected chi connectivity index (χ4v) is 1.89. The van der Waals surface area contributed by atoms with Crippen molar-refractivity contribution in [2.24, 2.45) is 5.10 Å². The predicted molar refractivity (Wildman–Crippen MR) is 68.6 cm³/mol. The molecule has 0 spiro atoms. The van der Waals surface area contributed by atoms with Crippen LogP contribution in [0, 0.1) is 10.1 Å². The number of hydrogen-bond donors (Lipinski definition) is 1. The number of hydrogen-bond acceptors (Lipinski definition) is 5. The number of nitro groups is 1. The molecule has 0 aliphatic carbocycles. The number of nitrogens with one attached hydrogen (secondary N) is 1. The Hall–Kier alpha value is -2.21. The second-order valence-electron chi connectivity index (χ2n) is 3.17. The lowest BCUT2D eigenvalue weighted by Gasteiger charge is -1.96. The maximum Gasteiger partial charge on any atom is 0.324 e. The Bertz CT molecular complexity index is 537. The molecule has 1 aromatic heterocycles. The van der Waals surface area contributed by atoms with E-state index in [0.717, 1.165) is 21.9 Å². The zero-order chi connectivity index (χ0) is 12.1. The molecule has 5 nitrogen and oxygen atoms in total. The molecule has 0 aliphatic heterocycles. The second-order valence-corrected chi connectivity index (χ2v) is 4.26. The van der Waals surface area contributed by atoms with Gasteiger partial charge >= 0.3 is 5.00 Å². The van der Waals surface area contributed by atoms with Crippen molar-refractivity contribution in [2.45, 2.75) is 0 Å². The molecular formula is C11H9N3O2S. The van der Waals surface area contributed by atoms with Gasteiger partial charge in [0.25, 0.3) is 0 Å². The number of nitrogens with zero attached hydrogens (tertiary/aromatic N) is 2. The van der Waals surface area contributed by atoms with Crippen LogP contribution in [0.15, 0.2) is 47.6 Å². The first-order valence-electron chi connectivity index (χ1n) is 4.84. The fraction of sp³-hybridized carbons (Fsp3) is 0. The molecule has 0 saturated carbocycles. The van der Waals surface area contributed by atoms with Gasteiger partial charge in [0.15, 0.2) is 0 Å². The average molecular weight is 247 g/mol. The van der Waals surface area contributed by atoms with Gasteiger partial charge in [0.05, 0.1) is 21.7 Å². The van der Waals surface area contributed by atoms with Crippen molar-refractivity contribution in [3.8, 4) is 0 Å². The van der Waals surface area contributed by atoms with Crippen LogP contribution >= 0.6 is 11.3 Å². The zero-order valence-corrected chi connectivity index (χ0v) is 9.55. The van der Waals surface area contributed by atoms with Gasteiger partial charge in [0.2, 0.25) is 0 Å². The van der Waals surface area contributed by atoms with E-state index in [1.54, 1.807) is 12.3 Å². The van der Waals surface area contributed by atoms with Gasteiger partial charge in [0, 0.05) is 6.07 Å². The molecular weight excluding hydrogens is 238 g/mol. The Morgan fingerprint density at radius 3 is 2.65 bits per heavy atom. The van der Waals surface area contributed by atoms with Crippen LogP contribution in [0.5, 0.6) is 0 Å². The first-order chi connectivity index (χ1) is 8.25. The van der Waals surface area contributed by atoms with Crippen LogP contribution in [0.3, 0.4) is 0 Å². The van der Waals surface area contributed by atoms with E-state index in [1.165, 1.54) is 6.07 Å². The van der Waals surface area contributed by atoms with Crippen LogP contribution in [0.1, 0.15) is 4.88 Å². The molecule has 1 heterocycles. The third kappa shape index (κ3) is 3.12. The quantitative estimate of drug-likeness (QED) is 0.512. The van der Waals surface area contributed by atoms with Crippen LogP contribution in [0.4, 0.5) is 10.7 Å². The number of anilines is 1. The normalized spacial score (nSPS) is 10.6. The molecule has 0 bridgehead atoms. The lowest BCUT2D eigenvalue weighted by atomic mass is 10.3. The van der Waals surface area contributed by atoms with Crippen LogP contribution in [0.2, 0.25) is 0 Å². The minimum atomic E-state index is -0.410. The van der Waals surface area contributed by atoms with Crippen molar-refractivity contribution < 1.29 is 4.92 Å². The van der Waals surface area contributed by atoms with Crippen molar-refractivity contribution in [3.63, 3.8) is 0 Å². The minimum absolute atomic E-state index is 0.117. The van der Waals surface area contributed by atoms with E-state index in [9.17, 15) is 10.1 Å². The molecule has 17 heavy (non-hydrogen) atoms. The van der Waals surface area contributed by atoms with Crippen LogP contribution in [-0.2, 0) is 0 Å². The number of thiophene rings is 1. The molecule has 0 amide bonds. The summed E-state index contributed by atoms with van der Waals surface area (Å²) in [5, 5.41) is 14.6. The lowest BCUT2D eigenvalue weighted by Crippen LogP contribution is -1.88. The highest BCUT2D eigenvalue weighted by atomic mass is 32.1. The number of benzene rings is 1. The maximum atomic E-state index is 10.5. The maximum absolute atomic E-state index is 10.5. The van der Waals surface area contributed by atoms with Crippen molar-refractivity contribution in [3.05, 3.63) is 57.5 Å². The van der Waals surface area contributed by atoms with E-state index in [4.69, 9.17) is 0 Å². The van der Waals surface area contributed by atoms with Crippen LogP contribution in [-0.4, -0.2) is 11.1 Å². The molecule has 2 aromatic rings. The summed E-state index contributed by atoms with van der Waals surface area (Å²) in [5.74, 6) is 0. The minimum Gasteiger partial charge on any atom is -0.278 e. The van der Waals surface area contributed by atoms with Crippen molar-refractivity contribution in [1.29, 1.82) is 0 Å². The highest BCUT2D eigenvalue weighted by molar-refractivity contribution is 7.16. The first kappa shape index (κ1) is 11.3. The largest absolute Gasteiger partial charge is 0.324 e. The third-order valence-corrected chi connectivity index (χ3v) is 2.92. The van der Waals surface area contributed by atoms with Gasteiger partial charge in [-0.15, -0.1) is 0 Å². The van der Waals surface area contributed by atoms with E-state index >= 15 is 0 Å². The van der Waals surface area contributed by atoms with Gasteiger partial charge in [-0.2, -0.15) is 5.10 Å². The number of para-hydroxylation sites is 1. The van der Waals surface area contributed by atoms with Gasteiger partial charge in [-0.05, 0) is 18.2 Å². The second kappa shape index (κ2) is 5.22. The topological polar surface area (TPSA) is 67.5 Å².